The molecule has 1 aromatic heterocycles. The van der Waals surface area contributed by atoms with E-state index in [0.29, 0.717) is 18.8 Å². The molecule has 3 rings (SSSR count). The molecule has 0 aliphatic carbocycles. The number of nitriles is 1. The van der Waals surface area contributed by atoms with Crippen molar-refractivity contribution in [1.82, 2.24) is 9.88 Å². The Morgan fingerprint density at radius 1 is 1.19 bits per heavy atom. The number of amides is 1. The third-order valence-electron chi connectivity index (χ3n) is 4.07. The van der Waals surface area contributed by atoms with Gasteiger partial charge in [-0.2, -0.15) is 5.26 Å². The summed E-state index contributed by atoms with van der Waals surface area (Å²) < 4.78 is 0. The molecule has 0 saturated carbocycles. The summed E-state index contributed by atoms with van der Waals surface area (Å²) in [6.45, 7) is 2.92. The highest BCUT2D eigenvalue weighted by Crippen LogP contribution is 2.17. The molecule has 2 aromatic rings. The molecule has 0 spiro atoms. The highest BCUT2D eigenvalue weighted by atomic mass is 16.3. The molecular formula is C19H19N5O2. The van der Waals surface area contributed by atoms with Crippen LogP contribution in [0.1, 0.15) is 0 Å². The van der Waals surface area contributed by atoms with Gasteiger partial charge in [0.15, 0.2) is 0 Å². The minimum Gasteiger partial charge on any atom is -0.508 e. The van der Waals surface area contributed by atoms with E-state index < -0.39 is 5.91 Å². The van der Waals surface area contributed by atoms with Crippen LogP contribution in [0.2, 0.25) is 0 Å². The number of hydrogen-bond acceptors (Lipinski definition) is 6. The number of piperazine rings is 1. The fourth-order valence-electron chi connectivity index (χ4n) is 2.72. The van der Waals surface area contributed by atoms with E-state index in [9.17, 15) is 15.2 Å². The zero-order valence-electron chi connectivity index (χ0n) is 14.2. The van der Waals surface area contributed by atoms with Crippen molar-refractivity contribution in [2.45, 2.75) is 0 Å². The number of carbonyl (C=O) groups is 1. The van der Waals surface area contributed by atoms with Gasteiger partial charge < -0.3 is 20.2 Å². The minimum atomic E-state index is -0.495. The van der Waals surface area contributed by atoms with Crippen LogP contribution >= 0.6 is 0 Å². The Kier molecular flexibility index (Phi) is 5.34. The highest BCUT2D eigenvalue weighted by molar-refractivity contribution is 6.06. The molecule has 2 N–H and O–H groups in total. The second kappa shape index (κ2) is 8.03. The van der Waals surface area contributed by atoms with Gasteiger partial charge in [-0.25, -0.2) is 4.98 Å². The zero-order chi connectivity index (χ0) is 18.4. The maximum Gasteiger partial charge on any atom is 0.267 e. The lowest BCUT2D eigenvalue weighted by molar-refractivity contribution is -0.112. The van der Waals surface area contributed by atoms with Crippen LogP contribution in [0.5, 0.6) is 5.75 Å². The summed E-state index contributed by atoms with van der Waals surface area (Å²) in [4.78, 5) is 20.8. The van der Waals surface area contributed by atoms with Gasteiger partial charge in [-0.15, -0.1) is 0 Å². The third-order valence-corrected chi connectivity index (χ3v) is 4.07. The summed E-state index contributed by atoms with van der Waals surface area (Å²) in [5, 5.41) is 21.4. The second-order valence-corrected chi connectivity index (χ2v) is 5.87. The van der Waals surface area contributed by atoms with Crippen molar-refractivity contribution in [2.24, 2.45) is 0 Å². The van der Waals surface area contributed by atoms with Crippen molar-refractivity contribution >= 4 is 17.4 Å². The fourth-order valence-corrected chi connectivity index (χ4v) is 2.72. The predicted octanol–water partition coefficient (Wildman–Crippen LogP) is 1.96. The molecule has 1 saturated heterocycles. The van der Waals surface area contributed by atoms with Crippen LogP contribution in [0.4, 0.5) is 11.5 Å². The quantitative estimate of drug-likeness (QED) is 0.647. The number of benzene rings is 1. The largest absolute Gasteiger partial charge is 0.508 e. The first-order chi connectivity index (χ1) is 12.7. The summed E-state index contributed by atoms with van der Waals surface area (Å²) in [6, 6.07) is 14.0. The average Bonchev–Trinajstić information content (AvgIpc) is 2.67. The fraction of sp³-hybridized carbons (Fsp3) is 0.211. The van der Waals surface area contributed by atoms with Crippen molar-refractivity contribution in [3.63, 3.8) is 0 Å². The molecule has 0 radical (unpaired) electrons. The van der Waals surface area contributed by atoms with E-state index in [0.717, 1.165) is 18.9 Å². The van der Waals surface area contributed by atoms with E-state index >= 15 is 0 Å². The van der Waals surface area contributed by atoms with E-state index in [1.807, 2.05) is 29.2 Å². The zero-order valence-corrected chi connectivity index (χ0v) is 14.2. The Bertz CT molecular complexity index is 837. The van der Waals surface area contributed by atoms with Crippen molar-refractivity contribution in [2.75, 3.05) is 36.4 Å². The standard InChI is InChI=1S/C19H19N5O2/c20-13-15(19(26)22-16-4-3-5-17(25)12-16)14-23-8-10-24(11-9-23)18-6-1-2-7-21-18/h1-7,12,14,25H,8-11H2,(H,22,26)/b15-14-. The van der Waals surface area contributed by atoms with E-state index in [-0.39, 0.29) is 11.3 Å². The number of carbonyl (C=O) groups excluding carboxylic acids is 1. The van der Waals surface area contributed by atoms with E-state index in [4.69, 9.17) is 0 Å². The van der Waals surface area contributed by atoms with Crippen LogP contribution < -0.4 is 10.2 Å². The molecule has 2 heterocycles. The molecule has 0 atom stereocenters. The first kappa shape index (κ1) is 17.3. The molecule has 1 aliphatic rings. The number of aromatic nitrogens is 1. The Morgan fingerprint density at radius 2 is 2.00 bits per heavy atom. The van der Waals surface area contributed by atoms with Crippen LogP contribution in [0, 0.1) is 11.3 Å². The van der Waals surface area contributed by atoms with Gasteiger partial charge in [-0.1, -0.05) is 12.1 Å². The molecule has 0 unspecified atom stereocenters. The van der Waals surface area contributed by atoms with Gasteiger partial charge in [0.1, 0.15) is 23.2 Å². The van der Waals surface area contributed by atoms with E-state index in [1.54, 1.807) is 24.5 Å². The van der Waals surface area contributed by atoms with Crippen molar-refractivity contribution in [1.29, 1.82) is 5.26 Å². The van der Waals surface area contributed by atoms with Crippen molar-refractivity contribution < 1.29 is 9.90 Å². The van der Waals surface area contributed by atoms with Gasteiger partial charge in [0.05, 0.1) is 0 Å². The maximum absolute atomic E-state index is 12.3. The smallest absolute Gasteiger partial charge is 0.267 e. The molecule has 0 bridgehead atoms. The van der Waals surface area contributed by atoms with E-state index in [2.05, 4.69) is 15.2 Å². The van der Waals surface area contributed by atoms with Gasteiger partial charge in [0.25, 0.3) is 5.91 Å². The Hall–Kier alpha value is -3.53. The predicted molar refractivity (Wildman–Crippen MR) is 98.5 cm³/mol. The van der Waals surface area contributed by atoms with Crippen LogP contribution in [-0.4, -0.2) is 47.1 Å². The Labute approximate surface area is 151 Å². The maximum atomic E-state index is 12.3. The molecule has 7 nitrogen and oxygen atoms in total. The van der Waals surface area contributed by atoms with Gasteiger partial charge in [0, 0.05) is 50.3 Å². The lowest BCUT2D eigenvalue weighted by atomic mass is 10.2. The van der Waals surface area contributed by atoms with Crippen LogP contribution in [0.15, 0.2) is 60.4 Å². The number of phenolic OH excluding ortho intramolecular Hbond substituents is 1. The van der Waals surface area contributed by atoms with E-state index in [1.165, 1.54) is 12.1 Å². The molecule has 1 aliphatic heterocycles. The van der Waals surface area contributed by atoms with Gasteiger partial charge >= 0.3 is 0 Å². The number of rotatable bonds is 4. The van der Waals surface area contributed by atoms with Gasteiger partial charge in [-0.3, -0.25) is 4.79 Å². The SMILES string of the molecule is N#C/C(=C/N1CCN(c2ccccn2)CC1)C(=O)Nc1cccc(O)c1. The first-order valence-electron chi connectivity index (χ1n) is 8.28. The average molecular weight is 349 g/mol. The summed E-state index contributed by atoms with van der Waals surface area (Å²) >= 11 is 0. The minimum absolute atomic E-state index is 0.0274. The number of aromatic hydroxyl groups is 1. The monoisotopic (exact) mass is 349 g/mol. The summed E-state index contributed by atoms with van der Waals surface area (Å²) in [5.41, 5.74) is 0.468. The molecule has 1 aromatic carbocycles. The number of pyridine rings is 1. The number of nitrogens with one attached hydrogen (secondary N) is 1. The summed E-state index contributed by atoms with van der Waals surface area (Å²) in [6.07, 6.45) is 3.36. The molecule has 1 amide bonds. The summed E-state index contributed by atoms with van der Waals surface area (Å²) in [5.74, 6) is 0.486. The molecular weight excluding hydrogens is 330 g/mol. The lowest BCUT2D eigenvalue weighted by Gasteiger charge is -2.34. The van der Waals surface area contributed by atoms with Crippen molar-refractivity contribution in [3.8, 4) is 11.8 Å². The van der Waals surface area contributed by atoms with Crippen LogP contribution in [-0.2, 0) is 4.79 Å². The number of phenols is 1. The second-order valence-electron chi connectivity index (χ2n) is 5.87. The van der Waals surface area contributed by atoms with Gasteiger partial charge in [-0.05, 0) is 24.3 Å². The Balaban J connectivity index is 1.61. The van der Waals surface area contributed by atoms with Crippen molar-refractivity contribution in [3.05, 3.63) is 60.4 Å². The number of hydrogen-bond donors (Lipinski definition) is 2. The Morgan fingerprint density at radius 3 is 2.65 bits per heavy atom. The molecule has 1 fully saturated rings. The summed E-state index contributed by atoms with van der Waals surface area (Å²) in [7, 11) is 0. The third kappa shape index (κ3) is 4.30. The number of anilines is 2. The topological polar surface area (TPSA) is 92.5 Å². The number of nitrogens with zero attached hydrogens (tertiary/aromatic N) is 4. The van der Waals surface area contributed by atoms with Crippen LogP contribution in [0.25, 0.3) is 0 Å². The molecule has 7 heteroatoms. The lowest BCUT2D eigenvalue weighted by Crippen LogP contribution is -2.44. The van der Waals surface area contributed by atoms with Crippen LogP contribution in [0.3, 0.4) is 0 Å². The molecule has 26 heavy (non-hydrogen) atoms. The normalized spacial score (nSPS) is 14.7. The van der Waals surface area contributed by atoms with Gasteiger partial charge in [0.2, 0.25) is 0 Å². The highest BCUT2D eigenvalue weighted by Gasteiger charge is 2.18. The molecule has 132 valence electrons. The first-order valence-corrected chi connectivity index (χ1v) is 8.28.